The molecule has 1 aromatic heterocycles. The average molecular weight is 359 g/mol. The number of amides is 2. The third kappa shape index (κ3) is 3.87. The van der Waals surface area contributed by atoms with Gasteiger partial charge in [-0.25, -0.2) is 4.98 Å². The molecule has 7 nitrogen and oxygen atoms in total. The molecule has 2 saturated heterocycles. The smallest absolute Gasteiger partial charge is 0.274 e. The van der Waals surface area contributed by atoms with Gasteiger partial charge in [0.05, 0.1) is 11.9 Å². The minimum Gasteiger partial charge on any atom is -0.337 e. The van der Waals surface area contributed by atoms with Crippen LogP contribution in [0.2, 0.25) is 0 Å². The summed E-state index contributed by atoms with van der Waals surface area (Å²) in [6.45, 7) is 4.88. The largest absolute Gasteiger partial charge is 0.337 e. The van der Waals surface area contributed by atoms with Crippen molar-refractivity contribution in [3.8, 4) is 0 Å². The van der Waals surface area contributed by atoms with E-state index in [1.54, 1.807) is 12.4 Å². The molecule has 0 N–H and O–H groups in total. The van der Waals surface area contributed by atoms with Crippen LogP contribution in [0.3, 0.4) is 0 Å². The summed E-state index contributed by atoms with van der Waals surface area (Å²) in [4.78, 5) is 39.7. The van der Waals surface area contributed by atoms with Gasteiger partial charge in [0.15, 0.2) is 0 Å². The number of hydrogen-bond acceptors (Lipinski definition) is 5. The first kappa shape index (κ1) is 18.8. The van der Waals surface area contributed by atoms with Crippen molar-refractivity contribution in [3.05, 3.63) is 23.8 Å². The lowest BCUT2D eigenvalue weighted by Gasteiger charge is -2.38. The monoisotopic (exact) mass is 359 g/mol. The van der Waals surface area contributed by atoms with Crippen LogP contribution in [0.25, 0.3) is 0 Å². The fourth-order valence-corrected chi connectivity index (χ4v) is 4.10. The molecule has 1 spiro atoms. The van der Waals surface area contributed by atoms with Crippen molar-refractivity contribution in [2.75, 3.05) is 40.3 Å². The highest BCUT2D eigenvalue weighted by Crippen LogP contribution is 2.39. The van der Waals surface area contributed by atoms with Crippen LogP contribution in [0.1, 0.15) is 48.3 Å². The second-order valence-electron chi connectivity index (χ2n) is 7.76. The summed E-state index contributed by atoms with van der Waals surface area (Å²) in [5, 5.41) is 0. The quantitative estimate of drug-likeness (QED) is 0.811. The molecule has 0 bridgehead atoms. The van der Waals surface area contributed by atoms with Crippen LogP contribution in [0, 0.1) is 6.92 Å². The van der Waals surface area contributed by atoms with Gasteiger partial charge < -0.3 is 14.7 Å². The molecule has 2 aliphatic heterocycles. The maximum atomic E-state index is 12.8. The van der Waals surface area contributed by atoms with E-state index in [9.17, 15) is 9.59 Å². The zero-order valence-corrected chi connectivity index (χ0v) is 16.1. The van der Waals surface area contributed by atoms with E-state index in [1.165, 1.54) is 0 Å². The molecular weight excluding hydrogens is 330 g/mol. The van der Waals surface area contributed by atoms with E-state index in [4.69, 9.17) is 0 Å². The SMILES string of the molecule is Cc1cnc(C(=O)N2CCCC3(CCC(=O)N3CCN(C)C)CC2)cn1. The molecule has 2 aliphatic rings. The minimum absolute atomic E-state index is 0.0567. The zero-order valence-electron chi connectivity index (χ0n) is 16.1. The highest BCUT2D eigenvalue weighted by molar-refractivity contribution is 5.92. The molecule has 0 radical (unpaired) electrons. The molecule has 0 aromatic carbocycles. The second kappa shape index (κ2) is 7.70. The van der Waals surface area contributed by atoms with Gasteiger partial charge in [0.2, 0.25) is 5.91 Å². The molecule has 1 unspecified atom stereocenters. The maximum Gasteiger partial charge on any atom is 0.274 e. The summed E-state index contributed by atoms with van der Waals surface area (Å²) >= 11 is 0. The molecule has 1 aromatic rings. The van der Waals surface area contributed by atoms with Gasteiger partial charge in [-0.15, -0.1) is 0 Å². The van der Waals surface area contributed by atoms with Crippen LogP contribution in [0.4, 0.5) is 0 Å². The van der Waals surface area contributed by atoms with Crippen LogP contribution >= 0.6 is 0 Å². The Hall–Kier alpha value is -2.02. The van der Waals surface area contributed by atoms with Crippen LogP contribution in [0.15, 0.2) is 12.4 Å². The highest BCUT2D eigenvalue weighted by Gasteiger charge is 2.45. The minimum atomic E-state index is -0.0823. The summed E-state index contributed by atoms with van der Waals surface area (Å²) in [6, 6.07) is 0. The van der Waals surface area contributed by atoms with E-state index < -0.39 is 0 Å². The van der Waals surface area contributed by atoms with Gasteiger partial charge in [-0.2, -0.15) is 0 Å². The molecule has 26 heavy (non-hydrogen) atoms. The first-order chi connectivity index (χ1) is 12.4. The molecular formula is C19H29N5O2. The second-order valence-corrected chi connectivity index (χ2v) is 7.76. The lowest BCUT2D eigenvalue weighted by atomic mass is 9.87. The summed E-state index contributed by atoms with van der Waals surface area (Å²) in [5.41, 5.74) is 1.12. The number of aryl methyl sites for hydroxylation is 1. The highest BCUT2D eigenvalue weighted by atomic mass is 16.2. The number of likely N-dealkylation sites (N-methyl/N-ethyl adjacent to an activating group) is 1. The Morgan fingerprint density at radius 3 is 2.69 bits per heavy atom. The Bertz CT molecular complexity index is 660. The molecule has 2 amide bonds. The number of hydrogen-bond donors (Lipinski definition) is 0. The molecule has 142 valence electrons. The standard InChI is InChI=1S/C19H29N5O2/c1-15-13-21-16(14-20-15)18(26)23-9-4-6-19(8-10-23)7-5-17(25)24(19)12-11-22(2)3/h13-14H,4-12H2,1-3H3. The van der Waals surface area contributed by atoms with E-state index in [1.807, 2.05) is 25.9 Å². The van der Waals surface area contributed by atoms with E-state index in [2.05, 4.69) is 19.8 Å². The molecule has 0 aliphatic carbocycles. The van der Waals surface area contributed by atoms with Crippen LogP contribution in [0.5, 0.6) is 0 Å². The topological polar surface area (TPSA) is 69.6 Å². The number of carbonyl (C=O) groups excluding carboxylic acids is 2. The Balaban J connectivity index is 1.69. The van der Waals surface area contributed by atoms with Crippen LogP contribution in [-0.2, 0) is 4.79 Å². The predicted octanol–water partition coefficient (Wildman–Crippen LogP) is 1.33. The van der Waals surface area contributed by atoms with Crippen molar-refractivity contribution in [2.24, 2.45) is 0 Å². The first-order valence-corrected chi connectivity index (χ1v) is 9.44. The molecule has 0 saturated carbocycles. The van der Waals surface area contributed by atoms with Crippen molar-refractivity contribution in [1.82, 2.24) is 24.7 Å². The van der Waals surface area contributed by atoms with E-state index >= 15 is 0 Å². The fourth-order valence-electron chi connectivity index (χ4n) is 4.10. The molecule has 7 heteroatoms. The van der Waals surface area contributed by atoms with E-state index in [0.29, 0.717) is 25.2 Å². The Morgan fingerprint density at radius 2 is 2.00 bits per heavy atom. The molecule has 3 heterocycles. The fraction of sp³-hybridized carbons (Fsp3) is 0.684. The summed E-state index contributed by atoms with van der Waals surface area (Å²) in [7, 11) is 4.06. The maximum absolute atomic E-state index is 12.8. The molecule has 2 fully saturated rings. The number of aromatic nitrogens is 2. The van der Waals surface area contributed by atoms with Gasteiger partial charge in [0.1, 0.15) is 5.69 Å². The summed E-state index contributed by atoms with van der Waals surface area (Å²) < 4.78 is 0. The normalized spacial score (nSPS) is 23.8. The molecule has 1 atom stereocenters. The lowest BCUT2D eigenvalue weighted by molar-refractivity contribution is -0.131. The average Bonchev–Trinajstić information content (AvgIpc) is 2.78. The Labute approximate surface area is 155 Å². The van der Waals surface area contributed by atoms with Crippen LogP contribution in [-0.4, -0.2) is 82.3 Å². The number of carbonyl (C=O) groups is 2. The summed E-state index contributed by atoms with van der Waals surface area (Å²) in [5.74, 6) is 0.203. The number of nitrogens with zero attached hydrogens (tertiary/aromatic N) is 5. The first-order valence-electron chi connectivity index (χ1n) is 9.44. The third-order valence-electron chi connectivity index (χ3n) is 5.65. The van der Waals surface area contributed by atoms with Gasteiger partial charge >= 0.3 is 0 Å². The lowest BCUT2D eigenvalue weighted by Crippen LogP contribution is -2.49. The van der Waals surface area contributed by atoms with E-state index in [0.717, 1.165) is 44.5 Å². The number of likely N-dealkylation sites (tertiary alicyclic amines) is 2. The van der Waals surface area contributed by atoms with Crippen molar-refractivity contribution in [2.45, 2.75) is 44.6 Å². The Morgan fingerprint density at radius 1 is 1.19 bits per heavy atom. The zero-order chi connectivity index (χ0) is 18.7. The van der Waals surface area contributed by atoms with Crippen molar-refractivity contribution >= 4 is 11.8 Å². The van der Waals surface area contributed by atoms with Crippen molar-refractivity contribution in [3.63, 3.8) is 0 Å². The van der Waals surface area contributed by atoms with Gasteiger partial charge in [-0.05, 0) is 46.7 Å². The van der Waals surface area contributed by atoms with Crippen molar-refractivity contribution in [1.29, 1.82) is 0 Å². The van der Waals surface area contributed by atoms with Crippen molar-refractivity contribution < 1.29 is 9.59 Å². The molecule has 3 rings (SSSR count). The predicted molar refractivity (Wildman–Crippen MR) is 98.8 cm³/mol. The number of rotatable bonds is 4. The van der Waals surface area contributed by atoms with Gasteiger partial charge in [-0.1, -0.05) is 0 Å². The van der Waals surface area contributed by atoms with Gasteiger partial charge in [0.25, 0.3) is 5.91 Å². The van der Waals surface area contributed by atoms with Crippen LogP contribution < -0.4 is 0 Å². The van der Waals surface area contributed by atoms with Gasteiger partial charge in [-0.3, -0.25) is 14.6 Å². The Kier molecular flexibility index (Phi) is 5.55. The third-order valence-corrected chi connectivity index (χ3v) is 5.65. The van der Waals surface area contributed by atoms with E-state index in [-0.39, 0.29) is 17.4 Å². The summed E-state index contributed by atoms with van der Waals surface area (Å²) in [6.07, 6.45) is 7.45. The van der Waals surface area contributed by atoms with Gasteiger partial charge in [0, 0.05) is 44.3 Å².